The molecule has 0 radical (unpaired) electrons. The topological polar surface area (TPSA) is 87.7 Å². The molecule has 0 aromatic carbocycles. The molecule has 0 unspecified atom stereocenters. The summed E-state index contributed by atoms with van der Waals surface area (Å²) in [6, 6.07) is -0.167. The maximum atomic E-state index is 12.0. The molecule has 1 amide bonds. The van der Waals surface area contributed by atoms with Crippen LogP contribution in [0.1, 0.15) is 32.1 Å². The Morgan fingerprint density at radius 2 is 2.05 bits per heavy atom. The summed E-state index contributed by atoms with van der Waals surface area (Å²) in [5, 5.41) is 15.4. The summed E-state index contributed by atoms with van der Waals surface area (Å²) in [6.45, 7) is 1.95. The van der Waals surface area contributed by atoms with E-state index in [2.05, 4.69) is 10.6 Å². The molecule has 6 nitrogen and oxygen atoms in total. The van der Waals surface area contributed by atoms with Crippen LogP contribution in [0.3, 0.4) is 0 Å². The van der Waals surface area contributed by atoms with Gasteiger partial charge in [-0.15, -0.1) is 0 Å². The molecule has 19 heavy (non-hydrogen) atoms. The number of amides is 1. The van der Waals surface area contributed by atoms with Crippen molar-refractivity contribution < 1.29 is 19.4 Å². The Kier molecular flexibility index (Phi) is 4.76. The van der Waals surface area contributed by atoms with Crippen LogP contribution in [-0.2, 0) is 14.3 Å². The van der Waals surface area contributed by atoms with Crippen LogP contribution in [0.5, 0.6) is 0 Å². The van der Waals surface area contributed by atoms with Crippen molar-refractivity contribution in [3.63, 3.8) is 0 Å². The van der Waals surface area contributed by atoms with Gasteiger partial charge in [-0.2, -0.15) is 0 Å². The first-order valence-corrected chi connectivity index (χ1v) is 6.96. The maximum absolute atomic E-state index is 12.0. The highest BCUT2D eigenvalue weighted by Crippen LogP contribution is 2.30. The van der Waals surface area contributed by atoms with Crippen LogP contribution in [0.15, 0.2) is 0 Å². The molecule has 3 N–H and O–H groups in total. The third-order valence-corrected chi connectivity index (χ3v) is 4.13. The number of nitrogens with one attached hydrogen (secondary N) is 2. The van der Waals surface area contributed by atoms with E-state index in [0.717, 1.165) is 25.8 Å². The summed E-state index contributed by atoms with van der Waals surface area (Å²) in [6.07, 6.45) is 3.89. The molecule has 0 bridgehead atoms. The first-order valence-electron chi connectivity index (χ1n) is 6.96. The van der Waals surface area contributed by atoms with Crippen molar-refractivity contribution in [2.24, 2.45) is 5.41 Å². The third-order valence-electron chi connectivity index (χ3n) is 4.13. The predicted octanol–water partition coefficient (Wildman–Crippen LogP) is 0.126. The summed E-state index contributed by atoms with van der Waals surface area (Å²) in [4.78, 5) is 23.5. The van der Waals surface area contributed by atoms with Crippen LogP contribution < -0.4 is 10.6 Å². The van der Waals surface area contributed by atoms with Gasteiger partial charge in [-0.3, -0.25) is 9.59 Å². The predicted molar refractivity (Wildman–Crippen MR) is 68.8 cm³/mol. The number of carbonyl (C=O) groups is 2. The molecule has 2 aliphatic rings. The molecule has 0 aliphatic carbocycles. The number of carboxylic acids is 1. The van der Waals surface area contributed by atoms with Crippen molar-refractivity contribution in [1.82, 2.24) is 10.6 Å². The Hall–Kier alpha value is -1.14. The second-order valence-corrected chi connectivity index (χ2v) is 5.42. The number of carbonyl (C=O) groups excluding carboxylic acids is 1. The molecule has 0 aromatic rings. The van der Waals surface area contributed by atoms with E-state index in [1.54, 1.807) is 0 Å². The Morgan fingerprint density at radius 1 is 1.32 bits per heavy atom. The highest BCUT2D eigenvalue weighted by molar-refractivity contribution is 5.83. The van der Waals surface area contributed by atoms with Crippen molar-refractivity contribution in [3.8, 4) is 0 Å². The van der Waals surface area contributed by atoms with Gasteiger partial charge in [-0.25, -0.2) is 0 Å². The summed E-state index contributed by atoms with van der Waals surface area (Å²) < 4.78 is 5.21. The SMILES string of the molecule is O=C(NCC1(C(=O)O)CCOCC1)[C@H]1CCCCN1. The summed E-state index contributed by atoms with van der Waals surface area (Å²) in [7, 11) is 0. The van der Waals surface area contributed by atoms with Gasteiger partial charge < -0.3 is 20.5 Å². The van der Waals surface area contributed by atoms with Gasteiger partial charge in [0.15, 0.2) is 0 Å². The lowest BCUT2D eigenvalue weighted by Gasteiger charge is -2.34. The van der Waals surface area contributed by atoms with Crippen molar-refractivity contribution >= 4 is 11.9 Å². The van der Waals surface area contributed by atoms with Crippen LogP contribution >= 0.6 is 0 Å². The van der Waals surface area contributed by atoms with E-state index in [0.29, 0.717) is 26.1 Å². The first kappa shape index (κ1) is 14.3. The van der Waals surface area contributed by atoms with E-state index in [1.807, 2.05) is 0 Å². The Morgan fingerprint density at radius 3 is 2.63 bits per heavy atom. The zero-order valence-corrected chi connectivity index (χ0v) is 11.1. The van der Waals surface area contributed by atoms with Crippen LogP contribution in [0.4, 0.5) is 0 Å². The fraction of sp³-hybridized carbons (Fsp3) is 0.846. The van der Waals surface area contributed by atoms with E-state index >= 15 is 0 Å². The van der Waals surface area contributed by atoms with E-state index < -0.39 is 11.4 Å². The van der Waals surface area contributed by atoms with Gasteiger partial charge in [0.25, 0.3) is 0 Å². The minimum atomic E-state index is -0.859. The smallest absolute Gasteiger partial charge is 0.311 e. The second kappa shape index (κ2) is 6.34. The number of rotatable bonds is 4. The minimum Gasteiger partial charge on any atom is -0.481 e. The van der Waals surface area contributed by atoms with Gasteiger partial charge in [0.05, 0.1) is 11.5 Å². The molecule has 2 aliphatic heterocycles. The zero-order valence-electron chi connectivity index (χ0n) is 11.1. The summed E-state index contributed by atoms with van der Waals surface area (Å²) in [5.41, 5.74) is -0.859. The number of hydrogen-bond donors (Lipinski definition) is 3. The number of piperidine rings is 1. The molecule has 0 aromatic heterocycles. The lowest BCUT2D eigenvalue weighted by molar-refractivity contribution is -0.154. The van der Waals surface area contributed by atoms with E-state index in [4.69, 9.17) is 4.74 Å². The van der Waals surface area contributed by atoms with Crippen LogP contribution in [0, 0.1) is 5.41 Å². The highest BCUT2D eigenvalue weighted by Gasteiger charge is 2.40. The molecular formula is C13H22N2O4. The second-order valence-electron chi connectivity index (χ2n) is 5.42. The van der Waals surface area contributed by atoms with E-state index in [1.165, 1.54) is 0 Å². The Labute approximate surface area is 112 Å². The molecule has 2 saturated heterocycles. The molecule has 2 fully saturated rings. The average Bonchev–Trinajstić information content (AvgIpc) is 2.46. The first-order chi connectivity index (χ1) is 9.14. The van der Waals surface area contributed by atoms with E-state index in [-0.39, 0.29) is 18.5 Å². The average molecular weight is 270 g/mol. The Balaban J connectivity index is 1.87. The number of ether oxygens (including phenoxy) is 1. The molecule has 0 spiro atoms. The molecule has 6 heteroatoms. The molecule has 1 atom stereocenters. The van der Waals surface area contributed by atoms with Crippen LogP contribution in [-0.4, -0.2) is 49.3 Å². The number of carboxylic acid groups (broad SMARTS) is 1. The fourth-order valence-corrected chi connectivity index (χ4v) is 2.68. The molecular weight excluding hydrogens is 248 g/mol. The van der Waals surface area contributed by atoms with Crippen molar-refractivity contribution in [3.05, 3.63) is 0 Å². The van der Waals surface area contributed by atoms with Gasteiger partial charge in [0, 0.05) is 19.8 Å². The number of hydrogen-bond acceptors (Lipinski definition) is 4. The van der Waals surface area contributed by atoms with Gasteiger partial charge in [-0.05, 0) is 32.2 Å². The largest absolute Gasteiger partial charge is 0.481 e. The third kappa shape index (κ3) is 3.45. The highest BCUT2D eigenvalue weighted by atomic mass is 16.5. The molecule has 2 rings (SSSR count). The molecule has 0 saturated carbocycles. The van der Waals surface area contributed by atoms with Gasteiger partial charge in [-0.1, -0.05) is 6.42 Å². The van der Waals surface area contributed by atoms with Gasteiger partial charge >= 0.3 is 5.97 Å². The Bertz CT molecular complexity index is 334. The lowest BCUT2D eigenvalue weighted by atomic mass is 9.80. The van der Waals surface area contributed by atoms with Gasteiger partial charge in [0.2, 0.25) is 5.91 Å². The maximum Gasteiger partial charge on any atom is 0.311 e. The quantitative estimate of drug-likeness (QED) is 0.675. The number of aliphatic carboxylic acids is 1. The molecule has 2 heterocycles. The monoisotopic (exact) mass is 270 g/mol. The standard InChI is InChI=1S/C13H22N2O4/c16-11(10-3-1-2-6-14-10)15-9-13(12(17)18)4-7-19-8-5-13/h10,14H,1-9H2,(H,15,16)(H,17,18)/t10-/m1/s1. The van der Waals surface area contributed by atoms with E-state index in [9.17, 15) is 14.7 Å². The lowest BCUT2D eigenvalue weighted by Crippen LogP contribution is -2.52. The zero-order chi connectivity index (χ0) is 13.7. The summed E-state index contributed by atoms with van der Waals surface area (Å²) >= 11 is 0. The van der Waals surface area contributed by atoms with Crippen molar-refractivity contribution in [2.75, 3.05) is 26.3 Å². The fourth-order valence-electron chi connectivity index (χ4n) is 2.68. The van der Waals surface area contributed by atoms with Crippen LogP contribution in [0.2, 0.25) is 0 Å². The van der Waals surface area contributed by atoms with Gasteiger partial charge in [0.1, 0.15) is 0 Å². The van der Waals surface area contributed by atoms with Crippen molar-refractivity contribution in [2.45, 2.75) is 38.1 Å². The van der Waals surface area contributed by atoms with Crippen molar-refractivity contribution in [1.29, 1.82) is 0 Å². The van der Waals surface area contributed by atoms with Crippen LogP contribution in [0.25, 0.3) is 0 Å². The summed E-state index contributed by atoms with van der Waals surface area (Å²) in [5.74, 6) is -0.917. The molecule has 108 valence electrons. The normalized spacial score (nSPS) is 26.6. The minimum absolute atomic E-state index is 0.0770.